The Hall–Kier alpha value is -1.40. The quantitative estimate of drug-likeness (QED) is 0.714. The van der Waals surface area contributed by atoms with Gasteiger partial charge in [-0.25, -0.2) is 8.42 Å². The summed E-state index contributed by atoms with van der Waals surface area (Å²) in [5.41, 5.74) is 0. The van der Waals surface area contributed by atoms with E-state index in [0.717, 1.165) is 38.5 Å². The summed E-state index contributed by atoms with van der Waals surface area (Å²) in [7, 11) is -3.40. The van der Waals surface area contributed by atoms with Crippen molar-refractivity contribution < 1.29 is 13.2 Å². The zero-order chi connectivity index (χ0) is 19.0. The van der Waals surface area contributed by atoms with E-state index in [0.29, 0.717) is 30.4 Å². The number of piperidine rings is 1. The van der Waals surface area contributed by atoms with Crippen LogP contribution in [0.2, 0.25) is 0 Å². The van der Waals surface area contributed by atoms with E-state index in [9.17, 15) is 13.2 Å². The fraction of sp³-hybridized carbons (Fsp3) is 0.650. The maximum absolute atomic E-state index is 12.6. The Bertz CT molecular complexity index is 653. The molecule has 5 nitrogen and oxygen atoms in total. The smallest absolute Gasteiger partial charge is 0.243 e. The van der Waals surface area contributed by atoms with Crippen molar-refractivity contribution in [1.82, 2.24) is 9.62 Å². The van der Waals surface area contributed by atoms with Gasteiger partial charge in [0.05, 0.1) is 4.90 Å². The van der Waals surface area contributed by atoms with Gasteiger partial charge in [-0.05, 0) is 43.7 Å². The van der Waals surface area contributed by atoms with Gasteiger partial charge in [-0.15, -0.1) is 0 Å². The number of unbranched alkanes of at least 4 members (excludes halogenated alkanes) is 1. The number of carbonyl (C=O) groups excluding carboxylic acids is 1. The van der Waals surface area contributed by atoms with Crippen molar-refractivity contribution >= 4 is 15.9 Å². The molecule has 1 aromatic carbocycles. The molecule has 0 radical (unpaired) electrons. The van der Waals surface area contributed by atoms with Crippen LogP contribution in [0, 0.1) is 11.8 Å². The van der Waals surface area contributed by atoms with E-state index in [1.165, 1.54) is 0 Å². The number of hydrogen-bond donors (Lipinski definition) is 1. The van der Waals surface area contributed by atoms with Crippen LogP contribution in [-0.4, -0.2) is 38.3 Å². The van der Waals surface area contributed by atoms with Crippen molar-refractivity contribution in [2.24, 2.45) is 11.8 Å². The van der Waals surface area contributed by atoms with Gasteiger partial charge < -0.3 is 5.32 Å². The fourth-order valence-electron chi connectivity index (χ4n) is 3.46. The normalized spacial score (nSPS) is 17.8. The first-order chi connectivity index (χ1) is 12.5. The monoisotopic (exact) mass is 380 g/mol. The summed E-state index contributed by atoms with van der Waals surface area (Å²) in [6, 6.07) is 8.60. The van der Waals surface area contributed by atoms with Gasteiger partial charge >= 0.3 is 0 Å². The molecule has 1 fully saturated rings. The van der Waals surface area contributed by atoms with Crippen LogP contribution in [-0.2, 0) is 14.8 Å². The molecular formula is C20H32N2O3S. The number of rotatable bonds is 9. The van der Waals surface area contributed by atoms with Crippen molar-refractivity contribution in [3.8, 4) is 0 Å². The van der Waals surface area contributed by atoms with E-state index in [1.807, 2.05) is 6.07 Å². The molecule has 0 aliphatic carbocycles. The number of hydrogen-bond acceptors (Lipinski definition) is 3. The summed E-state index contributed by atoms with van der Waals surface area (Å²) in [4.78, 5) is 12.7. The number of nitrogens with zero attached hydrogens (tertiary/aromatic N) is 1. The van der Waals surface area contributed by atoms with Crippen molar-refractivity contribution in [1.29, 1.82) is 0 Å². The number of benzene rings is 1. The van der Waals surface area contributed by atoms with Gasteiger partial charge in [-0.1, -0.05) is 44.9 Å². The van der Waals surface area contributed by atoms with Crippen molar-refractivity contribution in [3.05, 3.63) is 30.3 Å². The molecule has 0 saturated carbocycles. The van der Waals surface area contributed by atoms with Gasteiger partial charge in [0.25, 0.3) is 0 Å². The lowest BCUT2D eigenvalue weighted by atomic mass is 9.96. The molecule has 1 unspecified atom stereocenters. The minimum atomic E-state index is -3.40. The Morgan fingerprint density at radius 1 is 1.19 bits per heavy atom. The molecule has 1 N–H and O–H groups in total. The van der Waals surface area contributed by atoms with Crippen LogP contribution in [0.25, 0.3) is 0 Å². The first-order valence-electron chi connectivity index (χ1n) is 9.81. The Balaban J connectivity index is 1.81. The lowest BCUT2D eigenvalue weighted by Gasteiger charge is -2.31. The van der Waals surface area contributed by atoms with E-state index in [2.05, 4.69) is 19.2 Å². The first-order valence-corrected chi connectivity index (χ1v) is 11.3. The minimum Gasteiger partial charge on any atom is -0.356 e. The Kier molecular flexibility index (Phi) is 8.10. The van der Waals surface area contributed by atoms with Gasteiger partial charge in [0, 0.05) is 25.6 Å². The van der Waals surface area contributed by atoms with E-state index >= 15 is 0 Å². The first kappa shape index (κ1) is 20.9. The molecule has 1 heterocycles. The maximum Gasteiger partial charge on any atom is 0.243 e. The van der Waals surface area contributed by atoms with Gasteiger partial charge in [0.15, 0.2) is 0 Å². The average Bonchev–Trinajstić information content (AvgIpc) is 2.68. The lowest BCUT2D eigenvalue weighted by Crippen LogP contribution is -2.42. The molecule has 146 valence electrons. The highest BCUT2D eigenvalue weighted by atomic mass is 32.2. The number of carbonyl (C=O) groups is 1. The third-order valence-electron chi connectivity index (χ3n) is 5.29. The molecule has 2 rings (SSSR count). The molecule has 0 spiro atoms. The number of nitrogens with one attached hydrogen (secondary N) is 1. The highest BCUT2D eigenvalue weighted by Gasteiger charge is 2.29. The zero-order valence-electron chi connectivity index (χ0n) is 16.0. The van der Waals surface area contributed by atoms with Crippen LogP contribution in [0.15, 0.2) is 35.2 Å². The third kappa shape index (κ3) is 5.55. The molecule has 0 bridgehead atoms. The highest BCUT2D eigenvalue weighted by Crippen LogP contribution is 2.23. The van der Waals surface area contributed by atoms with Crippen LogP contribution < -0.4 is 5.32 Å². The van der Waals surface area contributed by atoms with Crippen molar-refractivity contribution in [3.63, 3.8) is 0 Å². The van der Waals surface area contributed by atoms with Gasteiger partial charge in [-0.2, -0.15) is 4.31 Å². The van der Waals surface area contributed by atoms with Crippen LogP contribution in [0.5, 0.6) is 0 Å². The summed E-state index contributed by atoms with van der Waals surface area (Å²) in [5, 5.41) is 3.09. The van der Waals surface area contributed by atoms with E-state index < -0.39 is 10.0 Å². The van der Waals surface area contributed by atoms with Crippen LogP contribution >= 0.6 is 0 Å². The maximum atomic E-state index is 12.6. The van der Waals surface area contributed by atoms with E-state index in [1.54, 1.807) is 28.6 Å². The summed E-state index contributed by atoms with van der Waals surface area (Å²) < 4.78 is 26.9. The van der Waals surface area contributed by atoms with Crippen LogP contribution in [0.3, 0.4) is 0 Å². The largest absolute Gasteiger partial charge is 0.356 e. The molecule has 26 heavy (non-hydrogen) atoms. The van der Waals surface area contributed by atoms with Crippen LogP contribution in [0.1, 0.15) is 52.4 Å². The predicted molar refractivity (Wildman–Crippen MR) is 104 cm³/mol. The number of sulfonamides is 1. The molecule has 1 aliphatic rings. The van der Waals surface area contributed by atoms with Gasteiger partial charge in [0.1, 0.15) is 0 Å². The summed E-state index contributed by atoms with van der Waals surface area (Å²) in [6.07, 6.45) is 5.60. The van der Waals surface area contributed by atoms with Crippen molar-refractivity contribution in [2.75, 3.05) is 19.6 Å². The molecule has 6 heteroatoms. The summed E-state index contributed by atoms with van der Waals surface area (Å²) in [5.74, 6) is 0.610. The second-order valence-corrected chi connectivity index (χ2v) is 9.09. The van der Waals surface area contributed by atoms with E-state index in [-0.39, 0.29) is 11.8 Å². The summed E-state index contributed by atoms with van der Waals surface area (Å²) >= 11 is 0. The molecule has 1 amide bonds. The molecule has 1 aromatic rings. The molecular weight excluding hydrogens is 348 g/mol. The predicted octanol–water partition coefficient (Wildman–Crippen LogP) is 3.42. The fourth-order valence-corrected chi connectivity index (χ4v) is 4.95. The Morgan fingerprint density at radius 2 is 1.85 bits per heavy atom. The molecule has 0 aromatic heterocycles. The van der Waals surface area contributed by atoms with Gasteiger partial charge in [-0.3, -0.25) is 4.79 Å². The van der Waals surface area contributed by atoms with Gasteiger partial charge in [0.2, 0.25) is 15.9 Å². The second kappa shape index (κ2) is 10.1. The second-order valence-electron chi connectivity index (χ2n) is 7.15. The standard InChI is InChI=1S/C20H32N2O3S/c1-3-5-9-18(4-2)20(23)21-16-17-12-14-22(15-13-17)26(24,25)19-10-7-6-8-11-19/h6-8,10-11,17-18H,3-5,9,12-16H2,1-2H3,(H,21,23). The Labute approximate surface area is 158 Å². The third-order valence-corrected chi connectivity index (χ3v) is 7.20. The molecule has 1 atom stereocenters. The topological polar surface area (TPSA) is 66.5 Å². The zero-order valence-corrected chi connectivity index (χ0v) is 16.8. The summed E-state index contributed by atoms with van der Waals surface area (Å²) in [6.45, 7) is 5.89. The average molecular weight is 381 g/mol. The van der Waals surface area contributed by atoms with Crippen molar-refractivity contribution in [2.45, 2.75) is 57.3 Å². The molecule has 1 aliphatic heterocycles. The highest BCUT2D eigenvalue weighted by molar-refractivity contribution is 7.89. The molecule has 1 saturated heterocycles. The lowest BCUT2D eigenvalue weighted by molar-refractivity contribution is -0.125. The SMILES string of the molecule is CCCCC(CC)C(=O)NCC1CCN(S(=O)(=O)c2ccccc2)CC1. The number of amides is 1. The Morgan fingerprint density at radius 3 is 2.42 bits per heavy atom. The van der Waals surface area contributed by atoms with E-state index in [4.69, 9.17) is 0 Å². The van der Waals surface area contributed by atoms with Crippen LogP contribution in [0.4, 0.5) is 0 Å². The minimum absolute atomic E-state index is 0.105.